The fraction of sp³-hybridized carbons (Fsp3) is 0.118. The number of benzene rings is 2. The van der Waals surface area contributed by atoms with Crippen LogP contribution in [0.1, 0.15) is 5.56 Å². The van der Waals surface area contributed by atoms with Crippen molar-refractivity contribution in [1.82, 2.24) is 15.5 Å². The summed E-state index contributed by atoms with van der Waals surface area (Å²) in [6.07, 6.45) is 0. The first-order chi connectivity index (χ1) is 11.6. The van der Waals surface area contributed by atoms with Crippen LogP contribution >= 0.6 is 0 Å². The van der Waals surface area contributed by atoms with Crippen molar-refractivity contribution in [2.24, 2.45) is 0 Å². The minimum atomic E-state index is -0.913. The normalized spacial score (nSPS) is 10.7. The van der Waals surface area contributed by atoms with Gasteiger partial charge in [0.2, 0.25) is 5.82 Å². The van der Waals surface area contributed by atoms with E-state index in [1.165, 1.54) is 12.1 Å². The topological polar surface area (TPSA) is 88.2 Å². The fourth-order valence-electron chi connectivity index (χ4n) is 2.21. The van der Waals surface area contributed by atoms with E-state index in [4.69, 9.17) is 9.63 Å². The average molecular weight is 327 g/mol. The van der Waals surface area contributed by atoms with Gasteiger partial charge in [0.25, 0.3) is 5.89 Å². The highest BCUT2D eigenvalue weighted by Gasteiger charge is 2.11. The van der Waals surface area contributed by atoms with Gasteiger partial charge >= 0.3 is 5.97 Å². The zero-order valence-electron chi connectivity index (χ0n) is 12.6. The molecule has 0 unspecified atom stereocenters. The number of hydrogen-bond acceptors (Lipinski definition) is 5. The molecule has 3 rings (SSSR count). The van der Waals surface area contributed by atoms with Crippen LogP contribution in [0.15, 0.2) is 53.1 Å². The summed E-state index contributed by atoms with van der Waals surface area (Å²) in [6, 6.07) is 13.3. The van der Waals surface area contributed by atoms with E-state index in [-0.39, 0.29) is 18.3 Å². The van der Waals surface area contributed by atoms with Crippen molar-refractivity contribution in [3.63, 3.8) is 0 Å². The first-order valence-electron chi connectivity index (χ1n) is 7.23. The Morgan fingerprint density at radius 1 is 1.17 bits per heavy atom. The molecule has 0 radical (unpaired) electrons. The summed E-state index contributed by atoms with van der Waals surface area (Å²) in [7, 11) is 0. The summed E-state index contributed by atoms with van der Waals surface area (Å²) in [5.41, 5.74) is 2.13. The molecule has 0 aliphatic carbocycles. The minimum absolute atomic E-state index is 0.115. The third-order valence-electron chi connectivity index (χ3n) is 3.29. The third-order valence-corrected chi connectivity index (χ3v) is 3.29. The molecule has 0 aliphatic rings. The van der Waals surface area contributed by atoms with Gasteiger partial charge in [0.15, 0.2) is 0 Å². The van der Waals surface area contributed by atoms with Crippen LogP contribution in [0, 0.1) is 5.82 Å². The number of nitrogens with zero attached hydrogens (tertiary/aromatic N) is 2. The molecule has 2 N–H and O–H groups in total. The van der Waals surface area contributed by atoms with Gasteiger partial charge in [0.1, 0.15) is 5.82 Å². The van der Waals surface area contributed by atoms with Crippen molar-refractivity contribution in [1.29, 1.82) is 0 Å². The maximum atomic E-state index is 13.3. The van der Waals surface area contributed by atoms with E-state index in [9.17, 15) is 9.18 Å². The lowest BCUT2D eigenvalue weighted by Gasteiger charge is -2.03. The second-order valence-corrected chi connectivity index (χ2v) is 5.13. The van der Waals surface area contributed by atoms with E-state index in [0.29, 0.717) is 17.9 Å². The Morgan fingerprint density at radius 2 is 1.96 bits per heavy atom. The van der Waals surface area contributed by atoms with Gasteiger partial charge in [0, 0.05) is 17.7 Å². The number of rotatable bonds is 6. The molecule has 24 heavy (non-hydrogen) atoms. The van der Waals surface area contributed by atoms with Gasteiger partial charge in [-0.25, -0.2) is 4.39 Å². The molecule has 3 aromatic rings. The van der Waals surface area contributed by atoms with E-state index < -0.39 is 5.97 Å². The highest BCUT2D eigenvalue weighted by molar-refractivity contribution is 5.69. The lowest BCUT2D eigenvalue weighted by atomic mass is 10.1. The number of nitrogens with one attached hydrogen (secondary N) is 1. The second kappa shape index (κ2) is 7.01. The zero-order chi connectivity index (χ0) is 16.9. The molecular formula is C17H14FN3O3. The van der Waals surface area contributed by atoms with Crippen LogP contribution in [0.4, 0.5) is 4.39 Å². The van der Waals surface area contributed by atoms with E-state index in [1.54, 1.807) is 12.1 Å². The predicted octanol–water partition coefficient (Wildman–Crippen LogP) is 2.72. The number of carbonyl (C=O) groups is 1. The summed E-state index contributed by atoms with van der Waals surface area (Å²) in [5.74, 6) is -0.670. The Morgan fingerprint density at radius 3 is 2.75 bits per heavy atom. The maximum absolute atomic E-state index is 13.3. The smallest absolute Gasteiger partial charge is 0.317 e. The molecule has 0 aliphatic heterocycles. The van der Waals surface area contributed by atoms with Crippen molar-refractivity contribution in [3.05, 3.63) is 59.9 Å². The number of carboxylic acids is 1. The van der Waals surface area contributed by atoms with E-state index in [1.807, 2.05) is 24.3 Å². The Labute approximate surface area is 136 Å². The molecule has 0 saturated carbocycles. The van der Waals surface area contributed by atoms with Crippen molar-refractivity contribution >= 4 is 5.97 Å². The Hall–Kier alpha value is -3.06. The van der Waals surface area contributed by atoms with Gasteiger partial charge in [-0.2, -0.15) is 4.98 Å². The molecule has 0 saturated heterocycles. The van der Waals surface area contributed by atoms with Gasteiger partial charge in [-0.1, -0.05) is 29.4 Å². The Kier molecular flexibility index (Phi) is 4.62. The monoisotopic (exact) mass is 327 g/mol. The predicted molar refractivity (Wildman–Crippen MR) is 84.5 cm³/mol. The van der Waals surface area contributed by atoms with Crippen molar-refractivity contribution in [2.45, 2.75) is 6.54 Å². The number of carboxylic acid groups (broad SMARTS) is 1. The number of aliphatic carboxylic acids is 1. The van der Waals surface area contributed by atoms with Gasteiger partial charge in [-0.15, -0.1) is 0 Å². The first kappa shape index (κ1) is 15.8. The standard InChI is InChI=1S/C17H14FN3O3/c18-14-6-2-5-13(8-14)17-20-16(21-24-17)12-4-1-3-11(7-12)9-19-10-15(22)23/h1-8,19H,9-10H2,(H,22,23). The van der Waals surface area contributed by atoms with Crippen LogP contribution in [0.3, 0.4) is 0 Å². The molecule has 0 fully saturated rings. The largest absolute Gasteiger partial charge is 0.480 e. The summed E-state index contributed by atoms with van der Waals surface area (Å²) < 4.78 is 18.5. The zero-order valence-corrected chi connectivity index (χ0v) is 12.6. The molecule has 0 amide bonds. The highest BCUT2D eigenvalue weighted by atomic mass is 19.1. The Bertz CT molecular complexity index is 864. The molecule has 0 atom stereocenters. The Balaban J connectivity index is 1.79. The van der Waals surface area contributed by atoms with Gasteiger partial charge in [-0.05, 0) is 29.8 Å². The molecule has 2 aromatic carbocycles. The summed E-state index contributed by atoms with van der Waals surface area (Å²) >= 11 is 0. The average Bonchev–Trinajstić information content (AvgIpc) is 3.05. The van der Waals surface area contributed by atoms with Crippen LogP contribution in [-0.4, -0.2) is 27.8 Å². The van der Waals surface area contributed by atoms with Gasteiger partial charge in [0.05, 0.1) is 6.54 Å². The van der Waals surface area contributed by atoms with Crippen LogP contribution in [0.5, 0.6) is 0 Å². The molecule has 7 heteroatoms. The van der Waals surface area contributed by atoms with Crippen molar-refractivity contribution in [3.8, 4) is 22.8 Å². The molecule has 1 heterocycles. The van der Waals surface area contributed by atoms with Crippen LogP contribution < -0.4 is 5.32 Å². The fourth-order valence-corrected chi connectivity index (χ4v) is 2.21. The molecular weight excluding hydrogens is 313 g/mol. The quantitative estimate of drug-likeness (QED) is 0.724. The minimum Gasteiger partial charge on any atom is -0.480 e. The number of halogens is 1. The van der Waals surface area contributed by atoms with E-state index in [2.05, 4.69) is 15.5 Å². The molecule has 1 aromatic heterocycles. The SMILES string of the molecule is O=C(O)CNCc1cccc(-c2noc(-c3cccc(F)c3)n2)c1. The number of aromatic nitrogens is 2. The van der Waals surface area contributed by atoms with Crippen LogP contribution in [-0.2, 0) is 11.3 Å². The number of hydrogen-bond donors (Lipinski definition) is 2. The van der Waals surface area contributed by atoms with Gasteiger partial charge in [-0.3, -0.25) is 4.79 Å². The summed E-state index contributed by atoms with van der Waals surface area (Å²) in [4.78, 5) is 14.8. The molecule has 0 spiro atoms. The summed E-state index contributed by atoms with van der Waals surface area (Å²) in [5, 5.41) is 15.4. The van der Waals surface area contributed by atoms with Crippen molar-refractivity contribution < 1.29 is 18.8 Å². The van der Waals surface area contributed by atoms with E-state index in [0.717, 1.165) is 11.1 Å². The van der Waals surface area contributed by atoms with Gasteiger partial charge < -0.3 is 14.9 Å². The first-order valence-corrected chi connectivity index (χ1v) is 7.23. The van der Waals surface area contributed by atoms with Crippen LogP contribution in [0.25, 0.3) is 22.8 Å². The van der Waals surface area contributed by atoms with Crippen molar-refractivity contribution in [2.75, 3.05) is 6.54 Å². The van der Waals surface area contributed by atoms with Crippen LogP contribution in [0.2, 0.25) is 0 Å². The lowest BCUT2D eigenvalue weighted by Crippen LogP contribution is -2.21. The maximum Gasteiger partial charge on any atom is 0.317 e. The summed E-state index contributed by atoms with van der Waals surface area (Å²) in [6.45, 7) is 0.297. The second-order valence-electron chi connectivity index (χ2n) is 5.13. The third kappa shape index (κ3) is 3.82. The highest BCUT2D eigenvalue weighted by Crippen LogP contribution is 2.23. The lowest BCUT2D eigenvalue weighted by molar-refractivity contribution is -0.135. The molecule has 6 nitrogen and oxygen atoms in total. The van der Waals surface area contributed by atoms with E-state index >= 15 is 0 Å². The molecule has 122 valence electrons. The molecule has 0 bridgehead atoms.